The largest absolute Gasteiger partial charge is 0.508 e. The number of benzene rings is 2. The molecule has 0 unspecified atom stereocenters. The van der Waals surface area contributed by atoms with Gasteiger partial charge < -0.3 is 23.5 Å². The van der Waals surface area contributed by atoms with E-state index >= 15 is 0 Å². The summed E-state index contributed by atoms with van der Waals surface area (Å²) in [7, 11) is -4.43. The topological polar surface area (TPSA) is 132 Å². The molecule has 3 heterocycles. The van der Waals surface area contributed by atoms with Gasteiger partial charge in [-0.2, -0.15) is 8.42 Å². The van der Waals surface area contributed by atoms with Crippen molar-refractivity contribution in [2.75, 3.05) is 35.4 Å². The first-order valence-corrected chi connectivity index (χ1v) is 21.0. The molecule has 3 aliphatic rings. The third kappa shape index (κ3) is 6.32. The van der Waals surface area contributed by atoms with Crippen molar-refractivity contribution in [2.45, 2.75) is 71.5 Å². The van der Waals surface area contributed by atoms with Gasteiger partial charge in [-0.15, -0.1) is 0 Å². The number of fused-ring (bicyclic) bond motifs is 4. The van der Waals surface area contributed by atoms with Gasteiger partial charge in [0.2, 0.25) is 5.91 Å². The number of anilines is 2. The Morgan fingerprint density at radius 2 is 1.66 bits per heavy atom. The van der Waals surface area contributed by atoms with Crippen LogP contribution in [-0.2, 0) is 45.0 Å². The summed E-state index contributed by atoms with van der Waals surface area (Å²) >= 11 is 0. The Balaban J connectivity index is 1.51. The van der Waals surface area contributed by atoms with Gasteiger partial charge >= 0.3 is 22.3 Å². The van der Waals surface area contributed by atoms with Crippen LogP contribution in [0.3, 0.4) is 0 Å². The van der Waals surface area contributed by atoms with Crippen molar-refractivity contribution in [3.05, 3.63) is 72.5 Å². The predicted molar refractivity (Wildman–Crippen MR) is 194 cm³/mol. The van der Waals surface area contributed by atoms with E-state index in [1.54, 1.807) is 13.0 Å². The van der Waals surface area contributed by atoms with Gasteiger partial charge in [-0.3, -0.25) is 9.10 Å². The van der Waals surface area contributed by atoms with E-state index in [2.05, 4.69) is 33.9 Å². The van der Waals surface area contributed by atoms with E-state index in [9.17, 15) is 22.8 Å². The lowest BCUT2D eigenvalue weighted by atomic mass is 9.77. The number of carbonyl (C=O) groups is 3. The van der Waals surface area contributed by atoms with Crippen LogP contribution in [0.25, 0.3) is 10.8 Å². The van der Waals surface area contributed by atoms with E-state index in [0.29, 0.717) is 23.6 Å². The molecule has 0 aliphatic carbocycles. The first-order chi connectivity index (χ1) is 23.8. The van der Waals surface area contributed by atoms with Crippen LogP contribution >= 0.6 is 0 Å². The number of hydrogen-bond acceptors (Lipinski definition) is 9. The minimum atomic E-state index is -4.09. The quantitative estimate of drug-likeness (QED) is 0.0932. The Morgan fingerprint density at radius 1 is 1.02 bits per heavy atom. The molecule has 1 saturated heterocycles. The van der Waals surface area contributed by atoms with Crippen molar-refractivity contribution in [1.29, 1.82) is 0 Å². The zero-order valence-electron chi connectivity index (χ0n) is 29.6. The van der Waals surface area contributed by atoms with Crippen LogP contribution in [0.15, 0.2) is 66.9 Å². The lowest BCUT2D eigenvalue weighted by Crippen LogP contribution is -2.64. The average molecular weight is 726 g/mol. The van der Waals surface area contributed by atoms with Gasteiger partial charge in [0, 0.05) is 18.4 Å². The van der Waals surface area contributed by atoms with Gasteiger partial charge in [0.1, 0.15) is 25.0 Å². The molecule has 0 N–H and O–H groups in total. The molecule has 14 heteroatoms. The number of β-lactam (4-membered cyclic amide) rings is 1. The van der Waals surface area contributed by atoms with Gasteiger partial charge in [0.15, 0.2) is 8.32 Å². The molecular weight excluding hydrogens is 679 g/mol. The maximum Gasteiger partial charge on any atom is 0.508 e. The Kier molecular flexibility index (Phi) is 10.8. The third-order valence-electron chi connectivity index (χ3n) is 10.5. The summed E-state index contributed by atoms with van der Waals surface area (Å²) in [5, 5.41) is 1.64. The highest BCUT2D eigenvalue weighted by Crippen LogP contribution is 2.51. The Bertz CT molecular complexity index is 1830. The number of ether oxygens (including phenoxy) is 3. The lowest BCUT2D eigenvalue weighted by molar-refractivity contribution is -0.164. The molecule has 0 saturated carbocycles. The Hall–Kier alpha value is -4.14. The first-order valence-electron chi connectivity index (χ1n) is 17.0. The lowest BCUT2D eigenvalue weighted by Gasteiger charge is -2.47. The molecule has 50 heavy (non-hydrogen) atoms. The molecule has 0 spiro atoms. The standard InChI is InChI=1S/C36H47N3O9SSi/c1-9-18-45-35(41)33-28(23(6)31-30(34(40)39(31)33)24(7)48-36(42)46-19-10-2)21-38-29-17-16-26-15-14-25(22-47-50(11-3,12-4)13-5)20-27(26)32(29)37(8)49(38,43)44/h9-10,14-17,20,23-24,30-31H,1-2,11-13,18-19,21-22H2,3-8H3/t23-,24+,30+,31+/m0/s1. The highest BCUT2D eigenvalue weighted by molar-refractivity contribution is 7.94. The van der Waals surface area contributed by atoms with Crippen molar-refractivity contribution in [1.82, 2.24) is 4.90 Å². The van der Waals surface area contributed by atoms with Crippen LogP contribution in [0.1, 0.15) is 40.2 Å². The molecule has 270 valence electrons. The fourth-order valence-electron chi connectivity index (χ4n) is 7.38. The number of hydrogen-bond donors (Lipinski definition) is 0. The number of esters is 1. The molecule has 5 rings (SSSR count). The molecular formula is C36H47N3O9SSi. The van der Waals surface area contributed by atoms with E-state index in [1.807, 2.05) is 31.2 Å². The second kappa shape index (κ2) is 14.6. The molecule has 12 nitrogen and oxygen atoms in total. The SMILES string of the molecule is C=CCOC(=O)O[C@H](C)[C@H]1C(=O)N2C(C(=O)OCC=C)=C(CN3c4ccc5ccc(CO[Si](CC)(CC)CC)cc5c4N(C)S3(=O)=O)[C@H](C)[C@H]12. The molecule has 2 aromatic rings. The number of amides is 1. The highest BCUT2D eigenvalue weighted by atomic mass is 32.2. The predicted octanol–water partition coefficient (Wildman–Crippen LogP) is 6.05. The summed E-state index contributed by atoms with van der Waals surface area (Å²) in [6.45, 7) is 17.2. The smallest absolute Gasteiger partial charge is 0.457 e. The summed E-state index contributed by atoms with van der Waals surface area (Å²) < 4.78 is 53.1. The number of nitrogens with zero attached hydrogens (tertiary/aromatic N) is 3. The van der Waals surface area contributed by atoms with Crippen LogP contribution in [0.2, 0.25) is 18.1 Å². The van der Waals surface area contributed by atoms with Crippen molar-refractivity contribution < 1.29 is 41.4 Å². The minimum Gasteiger partial charge on any atom is -0.457 e. The number of rotatable bonds is 15. The van der Waals surface area contributed by atoms with Gasteiger partial charge in [-0.05, 0) is 53.7 Å². The first kappa shape index (κ1) is 37.1. The monoisotopic (exact) mass is 725 g/mol. The van der Waals surface area contributed by atoms with E-state index in [4.69, 9.17) is 18.6 Å². The molecule has 0 radical (unpaired) electrons. The van der Waals surface area contributed by atoms with E-state index in [-0.39, 0.29) is 25.5 Å². The molecule has 1 fully saturated rings. The van der Waals surface area contributed by atoms with Crippen LogP contribution in [-0.4, -0.2) is 78.6 Å². The summed E-state index contributed by atoms with van der Waals surface area (Å²) in [6.07, 6.45) is 0.990. The second-order valence-electron chi connectivity index (χ2n) is 12.9. The van der Waals surface area contributed by atoms with Crippen molar-refractivity contribution in [2.24, 2.45) is 11.8 Å². The molecule has 0 bridgehead atoms. The highest BCUT2D eigenvalue weighted by Gasteiger charge is 2.61. The summed E-state index contributed by atoms with van der Waals surface area (Å²) in [4.78, 5) is 40.6. The fourth-order valence-corrected chi connectivity index (χ4v) is 11.4. The summed E-state index contributed by atoms with van der Waals surface area (Å²) in [5.74, 6) is -2.46. The van der Waals surface area contributed by atoms with Crippen LogP contribution in [0.4, 0.5) is 16.2 Å². The summed E-state index contributed by atoms with van der Waals surface area (Å²) in [5.41, 5.74) is 2.35. The van der Waals surface area contributed by atoms with Crippen LogP contribution in [0, 0.1) is 11.8 Å². The van der Waals surface area contributed by atoms with Crippen molar-refractivity contribution >= 4 is 58.7 Å². The molecule has 2 aromatic carbocycles. The average Bonchev–Trinajstić information content (AvgIpc) is 3.46. The molecule has 3 aliphatic heterocycles. The van der Waals surface area contributed by atoms with Crippen molar-refractivity contribution in [3.63, 3.8) is 0 Å². The minimum absolute atomic E-state index is 0.00557. The van der Waals surface area contributed by atoms with E-state index in [0.717, 1.165) is 34.5 Å². The zero-order chi connectivity index (χ0) is 36.5. The Morgan fingerprint density at radius 3 is 2.30 bits per heavy atom. The maximum absolute atomic E-state index is 14.1. The van der Waals surface area contributed by atoms with E-state index in [1.165, 1.54) is 32.7 Å². The summed E-state index contributed by atoms with van der Waals surface area (Å²) in [6, 6.07) is 12.1. The zero-order valence-corrected chi connectivity index (χ0v) is 31.5. The van der Waals surface area contributed by atoms with Gasteiger partial charge in [0.05, 0.1) is 36.5 Å². The third-order valence-corrected chi connectivity index (χ3v) is 16.8. The van der Waals surface area contributed by atoms with Gasteiger partial charge in [0.25, 0.3) is 0 Å². The Labute approximate surface area is 295 Å². The molecule has 1 amide bonds. The maximum atomic E-state index is 14.1. The van der Waals surface area contributed by atoms with E-state index < -0.39 is 60.5 Å². The normalized spacial score (nSPS) is 21.4. The van der Waals surface area contributed by atoms with Crippen LogP contribution in [0.5, 0.6) is 0 Å². The number of carbonyl (C=O) groups excluding carboxylic acids is 3. The van der Waals surface area contributed by atoms with Gasteiger partial charge in [-0.1, -0.05) is 71.2 Å². The van der Waals surface area contributed by atoms with Crippen LogP contribution < -0.4 is 8.61 Å². The van der Waals surface area contributed by atoms with Crippen molar-refractivity contribution in [3.8, 4) is 0 Å². The molecule has 4 atom stereocenters. The molecule has 0 aromatic heterocycles. The second-order valence-corrected chi connectivity index (χ2v) is 19.6. The fraction of sp³-hybridized carbons (Fsp3) is 0.472. The van der Waals surface area contributed by atoms with Gasteiger partial charge in [-0.25, -0.2) is 13.9 Å².